The summed E-state index contributed by atoms with van der Waals surface area (Å²) in [7, 11) is 1.63. The Kier molecular flexibility index (Phi) is 35.4. The highest BCUT2D eigenvalue weighted by molar-refractivity contribution is 6.33. The number of aryl methyl sites for hydroxylation is 9. The van der Waals surface area contributed by atoms with Crippen molar-refractivity contribution in [2.45, 2.75) is 169 Å². The number of aromatic hydroxyl groups is 1. The van der Waals surface area contributed by atoms with E-state index in [0.717, 1.165) is 247 Å². The summed E-state index contributed by atoms with van der Waals surface area (Å²) in [4.78, 5) is 64.1. The maximum atomic E-state index is 13.3. The number of phenols is 1. The summed E-state index contributed by atoms with van der Waals surface area (Å²) in [5.41, 5.74) is 24.4. The Morgan fingerprint density at radius 1 is 0.461 bits per heavy atom. The number of amides is 1. The second kappa shape index (κ2) is 48.1. The van der Waals surface area contributed by atoms with Crippen LogP contribution in [0.4, 0.5) is 5.69 Å². The number of nitrogen functional groups attached to an aromatic ring is 1. The fourth-order valence-corrected chi connectivity index (χ4v) is 16.7. The van der Waals surface area contributed by atoms with Crippen LogP contribution >= 0.6 is 34.8 Å². The van der Waals surface area contributed by atoms with E-state index >= 15 is 0 Å². The number of phenolic OH excluding ortho intramolecular Hbond substituents is 1. The first-order valence-electron chi connectivity index (χ1n) is 44.6. The number of nitrogens with zero attached hydrogens (tertiary/aromatic N) is 16. The number of carbonyl (C=O) groups is 1. The number of pyridine rings is 1. The van der Waals surface area contributed by atoms with Gasteiger partial charge in [0.2, 0.25) is 0 Å². The van der Waals surface area contributed by atoms with Crippen LogP contribution < -0.4 is 26.4 Å². The molecule has 1 amide bonds. The number of hydrogen-bond donors (Lipinski definition) is 6. The molecule has 0 unspecified atom stereocenters. The predicted octanol–water partition coefficient (Wildman–Crippen LogP) is 17.2. The molecule has 16 rings (SSSR count). The topological polar surface area (TPSA) is 292 Å². The molecule has 0 bridgehead atoms. The van der Waals surface area contributed by atoms with Gasteiger partial charge in [0.1, 0.15) is 34.8 Å². The van der Waals surface area contributed by atoms with Crippen molar-refractivity contribution in [3.05, 3.63) is 313 Å². The second-order valence-corrected chi connectivity index (χ2v) is 34.5. The molecular weight excluding hydrogens is 1660 g/mol. The number of ether oxygens (including phenoxy) is 1. The maximum Gasteiger partial charge on any atom is 0.256 e. The van der Waals surface area contributed by atoms with Crippen molar-refractivity contribution < 1.29 is 14.6 Å². The summed E-state index contributed by atoms with van der Waals surface area (Å²) < 4.78 is 5.23. The minimum Gasteiger partial charge on any atom is -0.506 e. The van der Waals surface area contributed by atoms with Crippen LogP contribution in [0.25, 0.3) is 45.0 Å². The number of halogens is 3. The van der Waals surface area contributed by atoms with E-state index in [1.165, 1.54) is 27.8 Å². The standard InChI is InChI=1S/C30H31ClN4O2.C26H31ClN4O.C25H30ClN5.C20H26N8/c1-20(2)35(30(37)25-10-6-15-32-21(25)3)19-23-8-4-9-24(17-23)27-14-16-33-29(34-27)11-5-7-22-12-13-28(36)26(31)18-22;1-19-17-28-13-14-31(19)18-21-6-3-7-22(15-21)24-11-12-29-26(30-24)8-4-5-20-9-10-25(32-2)23(27)16-20;1-18-16-28-12-13-31(18)17-20-5-2-6-21(14-20)24-10-11-29-25(30-24)7-3-4-19-8-9-23(27)22(26)15-19;1-15-13-21-10-11-28(15)14-16-4-2-5-17(12-16)18-8-9-22-19(23-18)6-3-7-20-24-26-27-25-20/h4,6,8-10,12-18,20,36H,5,7,11,19H2,1-3H3;3,6-7,9-12,15-16,19,28H,4-5,8,13-14,17-18H2,1-2H3;2,5-6,8-11,14-15,18,28H,3-4,7,12-13,16-17,27H2,1H3;2,4-5,8-9,12,15,21H,3,6-7,10-11,13-14H2,1H3,(H,24,25,26,27)/t;19-;18-;15-/m.000/s1. The first-order valence-corrected chi connectivity index (χ1v) is 45.7. The normalized spacial score (nSPS) is 15.4. The molecule has 3 saturated heterocycles. The number of hydrogen-bond acceptors (Lipinski definition) is 22. The van der Waals surface area contributed by atoms with Crippen LogP contribution in [0, 0.1) is 6.92 Å². The van der Waals surface area contributed by atoms with Gasteiger partial charge in [-0.3, -0.25) is 24.5 Å². The minimum atomic E-state index is -0.0229. The first kappa shape index (κ1) is 94.2. The van der Waals surface area contributed by atoms with E-state index in [0.29, 0.717) is 56.7 Å². The van der Waals surface area contributed by atoms with Crippen LogP contribution in [-0.2, 0) is 77.5 Å². The maximum absolute atomic E-state index is 13.3. The average molecular weight is 1780 g/mol. The van der Waals surface area contributed by atoms with Crippen LogP contribution in [0.1, 0.15) is 144 Å². The third-order valence-corrected chi connectivity index (χ3v) is 24.3. The Morgan fingerprint density at radius 3 is 1.25 bits per heavy atom. The van der Waals surface area contributed by atoms with Crippen LogP contribution in [0.2, 0.25) is 15.1 Å². The fourth-order valence-electron chi connectivity index (χ4n) is 16.0. The molecule has 666 valence electrons. The van der Waals surface area contributed by atoms with E-state index in [9.17, 15) is 9.90 Å². The highest BCUT2D eigenvalue weighted by Gasteiger charge is 2.25. The number of methoxy groups -OCH3 is 1. The van der Waals surface area contributed by atoms with Gasteiger partial charge in [-0.15, -0.1) is 10.2 Å². The SMILES string of the molecule is COc1ccc(CCCc2nccc(-c3cccc(CN4CCNC[C@@H]4C)c3)n2)cc1Cl.C[C@H]1CNCCN1Cc1cccc(-c2ccnc(CCCc3ccc(N)c(Cl)c3)n2)c1.C[C@H]1CNCCN1Cc1cccc(-c2ccnc(CCCc3nn[nH]n3)n2)c1.Cc1ncccc1C(=O)N(Cc1cccc(-c2ccnc(CCCc3ccc(O)c(Cl)c3)n2)c1)C(C)C. The van der Waals surface area contributed by atoms with E-state index in [-0.39, 0.29) is 17.7 Å². The van der Waals surface area contributed by atoms with Crippen molar-refractivity contribution in [2.75, 3.05) is 71.7 Å². The summed E-state index contributed by atoms with van der Waals surface area (Å²) in [5.74, 6) is 4.89. The van der Waals surface area contributed by atoms with E-state index in [4.69, 9.17) is 65.2 Å². The lowest BCUT2D eigenvalue weighted by atomic mass is 10.1. The molecular formula is C101H118Cl3N21O3. The number of aromatic amines is 1. The Labute approximate surface area is 767 Å². The highest BCUT2D eigenvalue weighted by atomic mass is 35.5. The van der Waals surface area contributed by atoms with E-state index < -0.39 is 0 Å². The Morgan fingerprint density at radius 2 is 0.859 bits per heavy atom. The molecule has 27 heteroatoms. The third-order valence-electron chi connectivity index (χ3n) is 23.3. The number of carbonyl (C=O) groups excluding carboxylic acids is 1. The van der Waals surface area contributed by atoms with Crippen molar-refractivity contribution in [1.82, 2.24) is 101 Å². The van der Waals surface area contributed by atoms with Gasteiger partial charge in [-0.25, -0.2) is 39.9 Å². The van der Waals surface area contributed by atoms with Gasteiger partial charge < -0.3 is 36.4 Å². The lowest BCUT2D eigenvalue weighted by molar-refractivity contribution is 0.0689. The van der Waals surface area contributed by atoms with Crippen LogP contribution in [0.5, 0.6) is 11.5 Å². The smallest absolute Gasteiger partial charge is 0.256 e. The van der Waals surface area contributed by atoms with Crippen molar-refractivity contribution in [2.24, 2.45) is 0 Å². The third kappa shape index (κ3) is 28.3. The van der Waals surface area contributed by atoms with E-state index in [2.05, 4.69) is 182 Å². The Hall–Kier alpha value is -11.4. The predicted molar refractivity (Wildman–Crippen MR) is 511 cm³/mol. The van der Waals surface area contributed by atoms with Crippen LogP contribution in [-0.4, -0.2) is 186 Å². The number of piperazine rings is 3. The number of anilines is 1. The van der Waals surface area contributed by atoms with Crippen molar-refractivity contribution in [3.8, 4) is 56.5 Å². The molecule has 0 saturated carbocycles. The van der Waals surface area contributed by atoms with Crippen molar-refractivity contribution in [1.29, 1.82) is 0 Å². The summed E-state index contributed by atoms with van der Waals surface area (Å²) >= 11 is 18.4. The number of aromatic nitrogens is 13. The van der Waals surface area contributed by atoms with Gasteiger partial charge in [0.05, 0.1) is 56.2 Å². The van der Waals surface area contributed by atoms with Crippen molar-refractivity contribution >= 4 is 46.4 Å². The van der Waals surface area contributed by atoms with E-state index in [1.54, 1.807) is 37.7 Å². The molecule has 6 aromatic heterocycles. The molecule has 3 aliphatic heterocycles. The van der Waals surface area contributed by atoms with Gasteiger partial charge >= 0.3 is 0 Å². The van der Waals surface area contributed by atoms with Gasteiger partial charge in [0, 0.05) is 200 Å². The number of H-pyrrole nitrogens is 1. The molecule has 0 radical (unpaired) electrons. The van der Waals surface area contributed by atoms with Crippen LogP contribution in [0.15, 0.2) is 219 Å². The first-order chi connectivity index (χ1) is 62.3. The summed E-state index contributed by atoms with van der Waals surface area (Å²) in [6.45, 7) is 25.8. The fraction of sp³-hybridized carbons (Fsp3) is 0.356. The highest BCUT2D eigenvalue weighted by Crippen LogP contribution is 2.31. The molecule has 13 aromatic rings. The Bertz CT molecular complexity index is 5710. The minimum absolute atomic E-state index is 0.0229. The number of nitrogens with two attached hydrogens (primary N) is 1. The number of rotatable bonds is 31. The van der Waals surface area contributed by atoms with Crippen molar-refractivity contribution in [3.63, 3.8) is 0 Å². The van der Waals surface area contributed by atoms with Crippen LogP contribution in [0.3, 0.4) is 0 Å². The molecule has 24 nitrogen and oxygen atoms in total. The van der Waals surface area contributed by atoms with Gasteiger partial charge in [0.15, 0.2) is 5.82 Å². The number of tetrazole rings is 1. The molecule has 3 fully saturated rings. The molecule has 7 aromatic carbocycles. The summed E-state index contributed by atoms with van der Waals surface area (Å²) in [6, 6.07) is 64.6. The quantitative estimate of drug-likeness (QED) is 0.0220. The molecule has 7 N–H and O–H groups in total. The average Bonchev–Trinajstić information content (AvgIpc) is 1.11. The van der Waals surface area contributed by atoms with E-state index in [1.807, 2.05) is 129 Å². The monoisotopic (exact) mass is 1780 g/mol. The lowest BCUT2D eigenvalue weighted by Crippen LogP contribution is -2.49. The zero-order valence-electron chi connectivity index (χ0n) is 74.4. The largest absolute Gasteiger partial charge is 0.506 e. The summed E-state index contributed by atoms with van der Waals surface area (Å²) in [6.07, 6.45) is 19.4. The second-order valence-electron chi connectivity index (χ2n) is 33.3. The Balaban J connectivity index is 0.000000146. The van der Waals surface area contributed by atoms with Gasteiger partial charge in [-0.05, 0) is 222 Å². The van der Waals surface area contributed by atoms with Gasteiger partial charge in [0.25, 0.3) is 5.91 Å². The molecule has 0 spiro atoms. The molecule has 0 aliphatic carbocycles. The molecule has 3 aliphatic rings. The summed E-state index contributed by atoms with van der Waals surface area (Å²) in [5, 5.41) is 35.6. The number of nitrogens with one attached hydrogen (secondary N) is 4. The molecule has 9 heterocycles. The lowest BCUT2D eigenvalue weighted by Gasteiger charge is -2.33. The van der Waals surface area contributed by atoms with Gasteiger partial charge in [-0.1, -0.05) is 131 Å². The zero-order chi connectivity index (χ0) is 89.5. The number of benzene rings is 7. The molecule has 3 atom stereocenters. The zero-order valence-corrected chi connectivity index (χ0v) is 76.7. The van der Waals surface area contributed by atoms with Gasteiger partial charge in [-0.2, -0.15) is 5.21 Å². The molecule has 128 heavy (non-hydrogen) atoms.